The van der Waals surface area contributed by atoms with E-state index < -0.39 is 11.0 Å². The smallest absolute Gasteiger partial charge is 0.153 e. The zero-order chi connectivity index (χ0) is 21.2. The number of aromatic nitrogens is 1. The van der Waals surface area contributed by atoms with Gasteiger partial charge in [-0.25, -0.2) is 4.98 Å². The van der Waals surface area contributed by atoms with Gasteiger partial charge < -0.3 is 9.84 Å². The molecule has 0 radical (unpaired) electrons. The van der Waals surface area contributed by atoms with E-state index in [1.807, 2.05) is 0 Å². The number of piperidine rings is 1. The second-order valence-electron chi connectivity index (χ2n) is 10.9. The molecule has 2 fully saturated rings. The molecule has 1 saturated carbocycles. The third-order valence-corrected chi connectivity index (χ3v) is 9.28. The molecule has 1 spiro atoms. The van der Waals surface area contributed by atoms with Crippen molar-refractivity contribution in [3.8, 4) is 5.75 Å². The lowest BCUT2D eigenvalue weighted by Gasteiger charge is -2.63. The Morgan fingerprint density at radius 1 is 1.16 bits per heavy atom. The maximum atomic E-state index is 12.8. The van der Waals surface area contributed by atoms with Gasteiger partial charge in [-0.05, 0) is 73.9 Å². The summed E-state index contributed by atoms with van der Waals surface area (Å²) in [5.74, 6) is 1.84. The Hall–Kier alpha value is -2.43. The standard InChI is InChI=1S/C28H28N2O2/c1-16-6-9-19-13-22-28(31)14-20-12-18-4-2-3-5-21(18)29-24(20)26-27(28,23(19)25(16)32-26)10-11-30(22)15-17-7-8-17/h2-6,9,12,17,22,26,31H,7-8,10-11,13-15H2,1H3/t22-,26+,27+,28-/m1/s1. The number of hydrogen-bond donors (Lipinski definition) is 1. The zero-order valence-electron chi connectivity index (χ0n) is 18.5. The molecule has 4 atom stereocenters. The minimum Gasteiger partial charge on any atom is -0.482 e. The summed E-state index contributed by atoms with van der Waals surface area (Å²) >= 11 is 0. The molecular formula is C28H28N2O2. The van der Waals surface area contributed by atoms with Crippen molar-refractivity contribution in [2.24, 2.45) is 5.92 Å². The fourth-order valence-corrected chi connectivity index (χ4v) is 7.63. The van der Waals surface area contributed by atoms with Crippen LogP contribution in [0.4, 0.5) is 0 Å². The average molecular weight is 425 g/mol. The number of para-hydroxylation sites is 1. The van der Waals surface area contributed by atoms with E-state index >= 15 is 0 Å². The number of aryl methyl sites for hydroxylation is 1. The Morgan fingerprint density at radius 3 is 2.91 bits per heavy atom. The number of rotatable bonds is 2. The molecule has 4 nitrogen and oxygen atoms in total. The summed E-state index contributed by atoms with van der Waals surface area (Å²) in [6, 6.07) is 15.3. The summed E-state index contributed by atoms with van der Waals surface area (Å²) in [6.45, 7) is 4.32. The first kappa shape index (κ1) is 18.0. The van der Waals surface area contributed by atoms with Crippen LogP contribution in [0.15, 0.2) is 42.5 Å². The van der Waals surface area contributed by atoms with Crippen molar-refractivity contribution in [3.05, 3.63) is 70.4 Å². The molecule has 3 aromatic rings. The molecule has 5 aliphatic rings. The lowest BCUT2D eigenvalue weighted by atomic mass is 9.49. The van der Waals surface area contributed by atoms with Gasteiger partial charge in [-0.15, -0.1) is 0 Å². The summed E-state index contributed by atoms with van der Waals surface area (Å²) < 4.78 is 6.84. The van der Waals surface area contributed by atoms with Gasteiger partial charge in [0.1, 0.15) is 5.75 Å². The molecule has 1 saturated heterocycles. The molecule has 3 heterocycles. The van der Waals surface area contributed by atoms with E-state index in [2.05, 4.69) is 54.3 Å². The topological polar surface area (TPSA) is 45.6 Å². The molecule has 1 aromatic heterocycles. The first-order chi connectivity index (χ1) is 15.6. The van der Waals surface area contributed by atoms with Crippen LogP contribution in [0.25, 0.3) is 10.9 Å². The van der Waals surface area contributed by atoms with E-state index in [1.165, 1.54) is 35.1 Å². The molecule has 3 aliphatic carbocycles. The SMILES string of the molecule is Cc1ccc2c3c1O[C@H]1c4nc5ccccc5cc4C[C@@]4(O)[C@@H](C2)N(CC2CC2)CC[C@]314. The monoisotopic (exact) mass is 424 g/mol. The Morgan fingerprint density at radius 2 is 2.03 bits per heavy atom. The predicted molar refractivity (Wildman–Crippen MR) is 123 cm³/mol. The summed E-state index contributed by atoms with van der Waals surface area (Å²) in [5.41, 5.74) is 5.87. The van der Waals surface area contributed by atoms with E-state index in [-0.39, 0.29) is 12.1 Å². The van der Waals surface area contributed by atoms with Crippen molar-refractivity contribution in [3.63, 3.8) is 0 Å². The van der Waals surface area contributed by atoms with Gasteiger partial charge in [-0.3, -0.25) is 4.90 Å². The van der Waals surface area contributed by atoms with Crippen LogP contribution in [0, 0.1) is 12.8 Å². The molecule has 162 valence electrons. The van der Waals surface area contributed by atoms with Crippen molar-refractivity contribution in [1.29, 1.82) is 0 Å². The quantitative estimate of drug-likeness (QED) is 0.668. The van der Waals surface area contributed by atoms with Gasteiger partial charge >= 0.3 is 0 Å². The van der Waals surface area contributed by atoms with E-state index in [0.717, 1.165) is 54.2 Å². The number of nitrogens with zero attached hydrogens (tertiary/aromatic N) is 2. The number of likely N-dealkylation sites (tertiary alicyclic amines) is 1. The van der Waals surface area contributed by atoms with Crippen LogP contribution in [0.1, 0.15) is 53.3 Å². The summed E-state index contributed by atoms with van der Waals surface area (Å²) in [6.07, 6.45) is 5.00. The van der Waals surface area contributed by atoms with Crippen LogP contribution < -0.4 is 4.74 Å². The Kier molecular flexibility index (Phi) is 3.23. The van der Waals surface area contributed by atoms with Crippen LogP contribution in [-0.4, -0.2) is 39.7 Å². The van der Waals surface area contributed by atoms with Crippen molar-refractivity contribution >= 4 is 10.9 Å². The second kappa shape index (κ2) is 5.73. The highest BCUT2D eigenvalue weighted by Gasteiger charge is 2.72. The van der Waals surface area contributed by atoms with Crippen molar-refractivity contribution in [2.45, 2.75) is 62.2 Å². The number of aliphatic hydroxyl groups is 1. The highest BCUT2D eigenvalue weighted by atomic mass is 16.5. The van der Waals surface area contributed by atoms with Gasteiger partial charge in [0.15, 0.2) is 6.10 Å². The number of hydrogen-bond acceptors (Lipinski definition) is 4. The van der Waals surface area contributed by atoms with Crippen LogP contribution in [0.3, 0.4) is 0 Å². The van der Waals surface area contributed by atoms with E-state index in [0.29, 0.717) is 6.42 Å². The predicted octanol–water partition coefficient (Wildman–Crippen LogP) is 4.24. The second-order valence-corrected chi connectivity index (χ2v) is 10.9. The van der Waals surface area contributed by atoms with E-state index in [1.54, 1.807) is 0 Å². The average Bonchev–Trinajstić information content (AvgIpc) is 3.53. The molecule has 4 heteroatoms. The van der Waals surface area contributed by atoms with Crippen LogP contribution in [-0.2, 0) is 18.3 Å². The number of pyridine rings is 1. The highest BCUT2D eigenvalue weighted by Crippen LogP contribution is 2.67. The lowest BCUT2D eigenvalue weighted by Crippen LogP contribution is -2.74. The largest absolute Gasteiger partial charge is 0.482 e. The first-order valence-electron chi connectivity index (χ1n) is 12.2. The van der Waals surface area contributed by atoms with Crippen LogP contribution in [0.5, 0.6) is 5.75 Å². The molecule has 2 bridgehead atoms. The normalized spacial score (nSPS) is 34.2. The van der Waals surface area contributed by atoms with Gasteiger partial charge in [0.05, 0.1) is 22.2 Å². The Balaban J connectivity index is 1.41. The van der Waals surface area contributed by atoms with Gasteiger partial charge in [0.2, 0.25) is 0 Å². The van der Waals surface area contributed by atoms with Crippen molar-refractivity contribution in [1.82, 2.24) is 9.88 Å². The van der Waals surface area contributed by atoms with Crippen LogP contribution >= 0.6 is 0 Å². The zero-order valence-corrected chi connectivity index (χ0v) is 18.5. The number of fused-ring (bicyclic) bond motifs is 3. The van der Waals surface area contributed by atoms with Crippen LogP contribution in [0.2, 0.25) is 0 Å². The lowest BCUT2D eigenvalue weighted by molar-refractivity contribution is -0.173. The summed E-state index contributed by atoms with van der Waals surface area (Å²) in [4.78, 5) is 7.79. The molecule has 0 unspecified atom stereocenters. The molecule has 0 amide bonds. The molecule has 2 aliphatic heterocycles. The molecular weight excluding hydrogens is 396 g/mol. The van der Waals surface area contributed by atoms with Gasteiger partial charge in [-0.1, -0.05) is 30.3 Å². The maximum Gasteiger partial charge on any atom is 0.153 e. The van der Waals surface area contributed by atoms with Gasteiger partial charge in [0.25, 0.3) is 0 Å². The third-order valence-electron chi connectivity index (χ3n) is 9.28. The van der Waals surface area contributed by atoms with Gasteiger partial charge in [-0.2, -0.15) is 0 Å². The first-order valence-corrected chi connectivity index (χ1v) is 12.2. The van der Waals surface area contributed by atoms with E-state index in [9.17, 15) is 5.11 Å². The number of benzene rings is 2. The maximum absolute atomic E-state index is 12.8. The van der Waals surface area contributed by atoms with Crippen molar-refractivity contribution < 1.29 is 9.84 Å². The summed E-state index contributed by atoms with van der Waals surface area (Å²) in [7, 11) is 0. The molecule has 1 N–H and O–H groups in total. The molecule has 2 aromatic carbocycles. The third kappa shape index (κ3) is 2.00. The fourth-order valence-electron chi connectivity index (χ4n) is 7.63. The van der Waals surface area contributed by atoms with Crippen molar-refractivity contribution in [2.75, 3.05) is 13.1 Å². The van der Waals surface area contributed by atoms with Gasteiger partial charge in [0, 0.05) is 30.0 Å². The van der Waals surface area contributed by atoms with E-state index in [4.69, 9.17) is 9.72 Å². The summed E-state index contributed by atoms with van der Waals surface area (Å²) in [5, 5.41) is 13.9. The fraction of sp³-hybridized carbons (Fsp3) is 0.464. The Labute approximate surface area is 188 Å². The molecule has 8 rings (SSSR count). The molecule has 32 heavy (non-hydrogen) atoms. The minimum absolute atomic E-state index is 0.142. The Bertz CT molecular complexity index is 1310. The highest BCUT2D eigenvalue weighted by molar-refractivity contribution is 5.80. The minimum atomic E-state index is -0.825. The number of ether oxygens (including phenoxy) is 1.